The summed E-state index contributed by atoms with van der Waals surface area (Å²) in [5.41, 5.74) is 4.25. The highest BCUT2D eigenvalue weighted by molar-refractivity contribution is 5.90. The Morgan fingerprint density at radius 2 is 2.12 bits per heavy atom. The van der Waals surface area contributed by atoms with E-state index >= 15 is 0 Å². The maximum Gasteiger partial charge on any atom is 0.341 e. The minimum atomic E-state index is -0.984. The molecule has 0 aliphatic heterocycles. The van der Waals surface area contributed by atoms with Crippen molar-refractivity contribution >= 4 is 11.7 Å². The average Bonchev–Trinajstić information content (AvgIpc) is 2.22. The lowest BCUT2D eigenvalue weighted by atomic mass is 10.2. The Hall–Kier alpha value is -1.69. The summed E-state index contributed by atoms with van der Waals surface area (Å²) in [5.74, 6) is -2.80. The Bertz CT molecular complexity index is 421. The van der Waals surface area contributed by atoms with Gasteiger partial charge >= 0.3 is 5.97 Å². The van der Waals surface area contributed by atoms with Gasteiger partial charge in [0.05, 0.1) is 24.0 Å². The third-order valence-electron chi connectivity index (χ3n) is 2.08. The van der Waals surface area contributed by atoms with Gasteiger partial charge in [0.2, 0.25) is 0 Å². The lowest BCUT2D eigenvalue weighted by Crippen LogP contribution is -2.13. The van der Waals surface area contributed by atoms with Gasteiger partial charge in [-0.1, -0.05) is 0 Å². The molecule has 0 amide bonds. The van der Waals surface area contributed by atoms with Crippen LogP contribution in [0.5, 0.6) is 0 Å². The SMILES string of the molecule is CC(O)CCOC(=O)c1cc(F)c(N)cc1F. The molecule has 1 aromatic carbocycles. The molecule has 0 heterocycles. The largest absolute Gasteiger partial charge is 0.462 e. The van der Waals surface area contributed by atoms with Gasteiger partial charge in [-0.2, -0.15) is 0 Å². The average molecular weight is 245 g/mol. The molecule has 6 heteroatoms. The first-order chi connectivity index (χ1) is 7.91. The zero-order chi connectivity index (χ0) is 13.0. The Morgan fingerprint density at radius 1 is 1.47 bits per heavy atom. The van der Waals surface area contributed by atoms with Crippen molar-refractivity contribution < 1.29 is 23.4 Å². The van der Waals surface area contributed by atoms with Crippen LogP contribution in [0.3, 0.4) is 0 Å². The summed E-state index contributed by atoms with van der Waals surface area (Å²) in [5, 5.41) is 8.93. The minimum Gasteiger partial charge on any atom is -0.462 e. The van der Waals surface area contributed by atoms with Crippen molar-refractivity contribution in [3.05, 3.63) is 29.3 Å². The number of nitrogens with two attached hydrogens (primary N) is 1. The van der Waals surface area contributed by atoms with Gasteiger partial charge in [-0.3, -0.25) is 0 Å². The van der Waals surface area contributed by atoms with Gasteiger partial charge in [-0.05, 0) is 13.0 Å². The number of carbonyl (C=O) groups excluding carboxylic acids is 1. The molecule has 0 radical (unpaired) electrons. The summed E-state index contributed by atoms with van der Waals surface area (Å²) < 4.78 is 31.0. The van der Waals surface area contributed by atoms with E-state index in [9.17, 15) is 13.6 Å². The zero-order valence-corrected chi connectivity index (χ0v) is 9.24. The molecule has 0 aliphatic carbocycles. The van der Waals surface area contributed by atoms with Gasteiger partial charge in [-0.15, -0.1) is 0 Å². The standard InChI is InChI=1S/C11H13F2NO3/c1-6(15)2-3-17-11(16)7-4-9(13)10(14)5-8(7)12/h4-6,15H,2-3,14H2,1H3. The number of rotatable bonds is 4. The number of ether oxygens (including phenoxy) is 1. The molecule has 0 bridgehead atoms. The number of aliphatic hydroxyl groups excluding tert-OH is 1. The van der Waals surface area contributed by atoms with Crippen LogP contribution in [0.25, 0.3) is 0 Å². The Labute approximate surface area is 97.0 Å². The lowest BCUT2D eigenvalue weighted by Gasteiger charge is -2.07. The fourth-order valence-corrected chi connectivity index (χ4v) is 1.12. The molecule has 94 valence electrons. The third kappa shape index (κ3) is 3.67. The molecule has 0 fully saturated rings. The first kappa shape index (κ1) is 13.4. The second-order valence-electron chi connectivity index (χ2n) is 3.63. The molecule has 1 unspecified atom stereocenters. The summed E-state index contributed by atoms with van der Waals surface area (Å²) >= 11 is 0. The van der Waals surface area contributed by atoms with E-state index in [0.717, 1.165) is 6.07 Å². The quantitative estimate of drug-likeness (QED) is 0.622. The van der Waals surface area contributed by atoms with Crippen LogP contribution in [-0.4, -0.2) is 23.8 Å². The van der Waals surface area contributed by atoms with E-state index in [1.54, 1.807) is 0 Å². The number of halogens is 2. The highest BCUT2D eigenvalue weighted by Gasteiger charge is 2.16. The van der Waals surface area contributed by atoms with Gasteiger partial charge in [0.25, 0.3) is 0 Å². The fourth-order valence-electron chi connectivity index (χ4n) is 1.12. The van der Waals surface area contributed by atoms with Crippen LogP contribution in [0.1, 0.15) is 23.7 Å². The number of aliphatic hydroxyl groups is 1. The maximum absolute atomic E-state index is 13.3. The molecule has 0 saturated carbocycles. The van der Waals surface area contributed by atoms with E-state index in [4.69, 9.17) is 10.8 Å². The third-order valence-corrected chi connectivity index (χ3v) is 2.08. The van der Waals surface area contributed by atoms with Gasteiger partial charge in [-0.25, -0.2) is 13.6 Å². The number of esters is 1. The van der Waals surface area contributed by atoms with Crippen LogP contribution >= 0.6 is 0 Å². The fraction of sp³-hybridized carbons (Fsp3) is 0.364. The van der Waals surface area contributed by atoms with Crippen LogP contribution < -0.4 is 5.73 Å². The van der Waals surface area contributed by atoms with Crippen molar-refractivity contribution in [2.24, 2.45) is 0 Å². The molecule has 0 aliphatic rings. The van der Waals surface area contributed by atoms with Crippen molar-refractivity contribution in [2.45, 2.75) is 19.4 Å². The summed E-state index contributed by atoms with van der Waals surface area (Å²) in [6, 6.07) is 1.41. The van der Waals surface area contributed by atoms with Crippen molar-refractivity contribution in [3.8, 4) is 0 Å². The number of hydrogen-bond donors (Lipinski definition) is 2. The number of anilines is 1. The normalized spacial score (nSPS) is 12.2. The second kappa shape index (κ2) is 5.58. The van der Waals surface area contributed by atoms with Crippen LogP contribution in [0.4, 0.5) is 14.5 Å². The Morgan fingerprint density at radius 3 is 2.71 bits per heavy atom. The lowest BCUT2D eigenvalue weighted by molar-refractivity contribution is 0.0439. The van der Waals surface area contributed by atoms with E-state index in [-0.39, 0.29) is 18.7 Å². The summed E-state index contributed by atoms with van der Waals surface area (Å²) in [7, 11) is 0. The molecule has 1 atom stereocenters. The minimum absolute atomic E-state index is 0.0675. The van der Waals surface area contributed by atoms with E-state index < -0.39 is 29.3 Å². The topological polar surface area (TPSA) is 72.5 Å². The Balaban J connectivity index is 2.72. The van der Waals surface area contributed by atoms with Crippen molar-refractivity contribution in [1.29, 1.82) is 0 Å². The number of hydrogen-bond acceptors (Lipinski definition) is 4. The predicted molar refractivity (Wildman–Crippen MR) is 57.4 cm³/mol. The molecule has 3 N–H and O–H groups in total. The van der Waals surface area contributed by atoms with Gasteiger partial charge in [0.15, 0.2) is 0 Å². The van der Waals surface area contributed by atoms with Gasteiger partial charge in [0, 0.05) is 12.5 Å². The van der Waals surface area contributed by atoms with Crippen molar-refractivity contribution in [2.75, 3.05) is 12.3 Å². The van der Waals surface area contributed by atoms with Crippen LogP contribution in [0.2, 0.25) is 0 Å². The van der Waals surface area contributed by atoms with Crippen molar-refractivity contribution in [3.63, 3.8) is 0 Å². The molecule has 17 heavy (non-hydrogen) atoms. The highest BCUT2D eigenvalue weighted by Crippen LogP contribution is 2.17. The van der Waals surface area contributed by atoms with E-state index in [1.807, 2.05) is 0 Å². The number of carbonyl (C=O) groups is 1. The molecular weight excluding hydrogens is 232 g/mol. The summed E-state index contributed by atoms with van der Waals surface area (Å²) in [4.78, 5) is 11.4. The summed E-state index contributed by atoms with van der Waals surface area (Å²) in [6.45, 7) is 1.46. The van der Waals surface area contributed by atoms with Crippen LogP contribution in [-0.2, 0) is 4.74 Å². The Kier molecular flexibility index (Phi) is 4.39. The second-order valence-corrected chi connectivity index (χ2v) is 3.63. The van der Waals surface area contributed by atoms with Gasteiger partial charge < -0.3 is 15.6 Å². The molecule has 0 saturated heterocycles. The first-order valence-electron chi connectivity index (χ1n) is 5.01. The predicted octanol–water partition coefficient (Wildman–Crippen LogP) is 1.47. The van der Waals surface area contributed by atoms with Crippen LogP contribution in [0.15, 0.2) is 12.1 Å². The smallest absolute Gasteiger partial charge is 0.341 e. The molecular formula is C11H13F2NO3. The maximum atomic E-state index is 13.3. The van der Waals surface area contributed by atoms with E-state index in [0.29, 0.717) is 6.07 Å². The van der Waals surface area contributed by atoms with Crippen molar-refractivity contribution in [1.82, 2.24) is 0 Å². The monoisotopic (exact) mass is 245 g/mol. The molecule has 0 aromatic heterocycles. The zero-order valence-electron chi connectivity index (χ0n) is 9.24. The molecule has 1 aromatic rings. The number of nitrogen functional groups attached to an aromatic ring is 1. The summed E-state index contributed by atoms with van der Waals surface area (Å²) in [6.07, 6.45) is -0.402. The van der Waals surface area contributed by atoms with Gasteiger partial charge in [0.1, 0.15) is 11.6 Å². The van der Waals surface area contributed by atoms with Crippen LogP contribution in [0, 0.1) is 11.6 Å². The molecule has 1 rings (SSSR count). The van der Waals surface area contributed by atoms with E-state index in [1.165, 1.54) is 6.92 Å². The number of benzene rings is 1. The van der Waals surface area contributed by atoms with E-state index in [2.05, 4.69) is 4.74 Å². The molecule has 4 nitrogen and oxygen atoms in total. The molecule has 0 spiro atoms. The highest BCUT2D eigenvalue weighted by atomic mass is 19.1. The first-order valence-corrected chi connectivity index (χ1v) is 5.01.